The molecule has 0 bridgehead atoms. The summed E-state index contributed by atoms with van der Waals surface area (Å²) in [7, 11) is 0. The lowest BCUT2D eigenvalue weighted by Gasteiger charge is -2.23. The molecular weight excluding hydrogens is 308 g/mol. The third-order valence-electron chi connectivity index (χ3n) is 4.17. The van der Waals surface area contributed by atoms with Crippen molar-refractivity contribution in [2.45, 2.75) is 38.1 Å². The van der Waals surface area contributed by atoms with Crippen molar-refractivity contribution >= 4 is 12.0 Å². The van der Waals surface area contributed by atoms with Crippen LogP contribution in [0.25, 0.3) is 0 Å². The van der Waals surface area contributed by atoms with Crippen LogP contribution in [0.5, 0.6) is 0 Å². The molecule has 2 amide bonds. The zero-order chi connectivity index (χ0) is 17.2. The summed E-state index contributed by atoms with van der Waals surface area (Å²) in [5.74, 6) is -0.495. The molecule has 2 rings (SSSR count). The van der Waals surface area contributed by atoms with Crippen molar-refractivity contribution in [3.63, 3.8) is 0 Å². The van der Waals surface area contributed by atoms with Crippen LogP contribution < -0.4 is 10.6 Å². The Labute approximate surface area is 142 Å². The SMILES string of the molecule is O=C(O)CCC(Cc1ccccc1)NC(=O)NCC1CCCOC1. The van der Waals surface area contributed by atoms with E-state index in [0.29, 0.717) is 31.9 Å². The number of ether oxygens (including phenoxy) is 1. The number of carboxylic acids is 1. The molecule has 0 saturated carbocycles. The molecule has 1 saturated heterocycles. The van der Waals surface area contributed by atoms with Gasteiger partial charge in [-0.25, -0.2) is 4.79 Å². The van der Waals surface area contributed by atoms with Gasteiger partial charge in [-0.2, -0.15) is 0 Å². The summed E-state index contributed by atoms with van der Waals surface area (Å²) in [6.07, 6.45) is 3.16. The molecule has 1 heterocycles. The van der Waals surface area contributed by atoms with Gasteiger partial charge in [0.25, 0.3) is 0 Å². The van der Waals surface area contributed by atoms with E-state index < -0.39 is 5.97 Å². The second-order valence-electron chi connectivity index (χ2n) is 6.26. The molecule has 0 aromatic heterocycles. The zero-order valence-electron chi connectivity index (χ0n) is 13.9. The van der Waals surface area contributed by atoms with Crippen LogP contribution in [0, 0.1) is 5.92 Å². The smallest absolute Gasteiger partial charge is 0.315 e. The molecule has 1 aromatic rings. The van der Waals surface area contributed by atoms with Gasteiger partial charge in [0.15, 0.2) is 0 Å². The van der Waals surface area contributed by atoms with E-state index in [9.17, 15) is 9.59 Å². The summed E-state index contributed by atoms with van der Waals surface area (Å²) in [4.78, 5) is 23.0. The van der Waals surface area contributed by atoms with E-state index in [4.69, 9.17) is 9.84 Å². The lowest BCUT2D eigenvalue weighted by atomic mass is 10.0. The maximum absolute atomic E-state index is 12.1. The molecule has 1 aliphatic heterocycles. The molecule has 0 radical (unpaired) electrons. The van der Waals surface area contributed by atoms with Gasteiger partial charge in [0.2, 0.25) is 0 Å². The van der Waals surface area contributed by atoms with Gasteiger partial charge in [-0.05, 0) is 37.2 Å². The number of benzene rings is 1. The number of carboxylic acid groups (broad SMARTS) is 1. The molecule has 1 aliphatic rings. The monoisotopic (exact) mass is 334 g/mol. The van der Waals surface area contributed by atoms with Gasteiger partial charge in [0, 0.05) is 25.6 Å². The molecule has 1 fully saturated rings. The van der Waals surface area contributed by atoms with Crippen LogP contribution in [0.15, 0.2) is 30.3 Å². The molecule has 2 unspecified atom stereocenters. The third kappa shape index (κ3) is 7.00. The number of nitrogens with one attached hydrogen (secondary N) is 2. The van der Waals surface area contributed by atoms with E-state index in [1.165, 1.54) is 0 Å². The first-order chi connectivity index (χ1) is 11.6. The highest BCUT2D eigenvalue weighted by atomic mass is 16.5. The number of rotatable bonds is 8. The van der Waals surface area contributed by atoms with Gasteiger partial charge in [-0.3, -0.25) is 4.79 Å². The van der Waals surface area contributed by atoms with Gasteiger partial charge < -0.3 is 20.5 Å². The Hall–Kier alpha value is -2.08. The molecular formula is C18H26N2O4. The van der Waals surface area contributed by atoms with Crippen molar-refractivity contribution in [3.05, 3.63) is 35.9 Å². The minimum atomic E-state index is -0.852. The number of carbonyl (C=O) groups excluding carboxylic acids is 1. The van der Waals surface area contributed by atoms with Crippen LogP contribution in [0.1, 0.15) is 31.2 Å². The number of aliphatic carboxylic acids is 1. The summed E-state index contributed by atoms with van der Waals surface area (Å²) in [6, 6.07) is 9.32. The van der Waals surface area contributed by atoms with Gasteiger partial charge in [-0.1, -0.05) is 30.3 Å². The van der Waals surface area contributed by atoms with E-state index in [-0.39, 0.29) is 18.5 Å². The fraction of sp³-hybridized carbons (Fsp3) is 0.556. The summed E-state index contributed by atoms with van der Waals surface area (Å²) >= 11 is 0. The van der Waals surface area contributed by atoms with Crippen LogP contribution >= 0.6 is 0 Å². The Morgan fingerprint density at radius 1 is 1.29 bits per heavy atom. The molecule has 0 aliphatic carbocycles. The molecule has 132 valence electrons. The van der Waals surface area contributed by atoms with Crippen molar-refractivity contribution in [2.75, 3.05) is 19.8 Å². The first-order valence-electron chi connectivity index (χ1n) is 8.51. The number of amides is 2. The van der Waals surface area contributed by atoms with E-state index in [1.807, 2.05) is 30.3 Å². The largest absolute Gasteiger partial charge is 0.481 e. The normalized spacial score (nSPS) is 18.6. The number of urea groups is 1. The Balaban J connectivity index is 1.81. The maximum Gasteiger partial charge on any atom is 0.315 e. The Bertz CT molecular complexity index is 515. The molecule has 1 aromatic carbocycles. The van der Waals surface area contributed by atoms with E-state index >= 15 is 0 Å². The molecule has 6 heteroatoms. The van der Waals surface area contributed by atoms with Crippen molar-refractivity contribution in [1.82, 2.24) is 10.6 Å². The van der Waals surface area contributed by atoms with Crippen molar-refractivity contribution in [1.29, 1.82) is 0 Å². The fourth-order valence-corrected chi connectivity index (χ4v) is 2.86. The van der Waals surface area contributed by atoms with E-state index in [2.05, 4.69) is 10.6 Å². The highest BCUT2D eigenvalue weighted by molar-refractivity contribution is 5.74. The van der Waals surface area contributed by atoms with Gasteiger partial charge >= 0.3 is 12.0 Å². The predicted molar refractivity (Wildman–Crippen MR) is 90.9 cm³/mol. The summed E-state index contributed by atoms with van der Waals surface area (Å²) in [5, 5.41) is 14.7. The van der Waals surface area contributed by atoms with Crippen LogP contribution in [0.2, 0.25) is 0 Å². The number of carbonyl (C=O) groups is 2. The topological polar surface area (TPSA) is 87.7 Å². The quantitative estimate of drug-likeness (QED) is 0.680. The Morgan fingerprint density at radius 3 is 2.75 bits per heavy atom. The molecule has 2 atom stereocenters. The molecule has 0 spiro atoms. The van der Waals surface area contributed by atoms with Crippen LogP contribution in [-0.4, -0.2) is 42.9 Å². The highest BCUT2D eigenvalue weighted by Gasteiger charge is 2.17. The average molecular weight is 334 g/mol. The second kappa shape index (κ2) is 9.93. The third-order valence-corrected chi connectivity index (χ3v) is 4.17. The van der Waals surface area contributed by atoms with Crippen LogP contribution in [0.4, 0.5) is 4.79 Å². The standard InChI is InChI=1S/C18H26N2O4/c21-17(22)9-8-16(11-14-5-2-1-3-6-14)20-18(23)19-12-15-7-4-10-24-13-15/h1-3,5-6,15-16H,4,7-13H2,(H,21,22)(H2,19,20,23). The van der Waals surface area contributed by atoms with E-state index in [0.717, 1.165) is 25.0 Å². The number of hydrogen-bond donors (Lipinski definition) is 3. The second-order valence-corrected chi connectivity index (χ2v) is 6.26. The first-order valence-corrected chi connectivity index (χ1v) is 8.51. The lowest BCUT2D eigenvalue weighted by molar-refractivity contribution is -0.137. The predicted octanol–water partition coefficient (Wildman–Crippen LogP) is 2.19. The fourth-order valence-electron chi connectivity index (χ4n) is 2.86. The van der Waals surface area contributed by atoms with Crippen LogP contribution in [-0.2, 0) is 16.0 Å². The van der Waals surface area contributed by atoms with E-state index in [1.54, 1.807) is 0 Å². The molecule has 3 N–H and O–H groups in total. The molecule has 24 heavy (non-hydrogen) atoms. The van der Waals surface area contributed by atoms with Crippen molar-refractivity contribution < 1.29 is 19.4 Å². The molecule has 6 nitrogen and oxygen atoms in total. The Kier molecular flexibility index (Phi) is 7.55. The zero-order valence-corrected chi connectivity index (χ0v) is 13.9. The van der Waals surface area contributed by atoms with Crippen molar-refractivity contribution in [2.24, 2.45) is 5.92 Å². The van der Waals surface area contributed by atoms with Gasteiger partial charge in [0.1, 0.15) is 0 Å². The summed E-state index contributed by atoms with van der Waals surface area (Å²) in [5.41, 5.74) is 1.08. The Morgan fingerprint density at radius 2 is 2.08 bits per heavy atom. The number of hydrogen-bond acceptors (Lipinski definition) is 3. The summed E-state index contributed by atoms with van der Waals surface area (Å²) in [6.45, 7) is 2.08. The minimum absolute atomic E-state index is 0.0360. The van der Waals surface area contributed by atoms with Crippen molar-refractivity contribution in [3.8, 4) is 0 Å². The first kappa shape index (κ1) is 18.3. The van der Waals surface area contributed by atoms with Gasteiger partial charge in [0.05, 0.1) is 6.61 Å². The van der Waals surface area contributed by atoms with Crippen LogP contribution in [0.3, 0.4) is 0 Å². The van der Waals surface area contributed by atoms with Gasteiger partial charge in [-0.15, -0.1) is 0 Å². The summed E-state index contributed by atoms with van der Waals surface area (Å²) < 4.78 is 5.40. The maximum atomic E-state index is 12.1. The minimum Gasteiger partial charge on any atom is -0.481 e. The lowest BCUT2D eigenvalue weighted by Crippen LogP contribution is -2.45. The average Bonchev–Trinajstić information content (AvgIpc) is 2.60. The highest BCUT2D eigenvalue weighted by Crippen LogP contribution is 2.12.